The van der Waals surface area contributed by atoms with Crippen LogP contribution in [0.3, 0.4) is 0 Å². The van der Waals surface area contributed by atoms with Crippen LogP contribution in [0.1, 0.15) is 49.7 Å². The van der Waals surface area contributed by atoms with Crippen LogP contribution < -0.4 is 5.32 Å². The molecule has 184 valence electrons. The second-order valence-corrected chi connectivity index (χ2v) is 10.0. The fourth-order valence-electron chi connectivity index (χ4n) is 5.92. The third-order valence-corrected chi connectivity index (χ3v) is 7.82. The van der Waals surface area contributed by atoms with E-state index < -0.39 is 12.1 Å². The molecule has 2 amide bonds. The number of nitrogens with zero attached hydrogens (tertiary/aromatic N) is 1. The highest BCUT2D eigenvalue weighted by molar-refractivity contribution is 5.81. The minimum absolute atomic E-state index is 0.0117. The van der Waals surface area contributed by atoms with Crippen LogP contribution in [-0.2, 0) is 14.3 Å². The molecule has 0 aromatic heterocycles. The van der Waals surface area contributed by atoms with Crippen LogP contribution in [0.5, 0.6) is 0 Å². The molecule has 2 aliphatic carbocycles. The molecular weight excluding hydrogens is 444 g/mol. The summed E-state index contributed by atoms with van der Waals surface area (Å²) in [5, 5.41) is 12.1. The van der Waals surface area contributed by atoms with Crippen LogP contribution in [0.25, 0.3) is 11.1 Å². The molecule has 2 N–H and O–H groups in total. The van der Waals surface area contributed by atoms with E-state index in [1.807, 2.05) is 24.3 Å². The Morgan fingerprint density at radius 2 is 1.63 bits per heavy atom. The molecular formula is C28H32N2O5. The first kappa shape index (κ1) is 23.4. The molecule has 1 saturated carbocycles. The van der Waals surface area contributed by atoms with Gasteiger partial charge in [-0.15, -0.1) is 0 Å². The van der Waals surface area contributed by atoms with E-state index in [0.29, 0.717) is 19.5 Å². The zero-order valence-electron chi connectivity index (χ0n) is 20.0. The van der Waals surface area contributed by atoms with E-state index in [1.165, 1.54) is 11.1 Å². The van der Waals surface area contributed by atoms with Crippen LogP contribution >= 0.6 is 0 Å². The fourth-order valence-corrected chi connectivity index (χ4v) is 5.92. The first-order valence-corrected chi connectivity index (χ1v) is 12.6. The summed E-state index contributed by atoms with van der Waals surface area (Å²) in [4.78, 5) is 38.6. The van der Waals surface area contributed by atoms with Crippen LogP contribution in [-0.4, -0.2) is 53.7 Å². The first-order chi connectivity index (χ1) is 17.0. The molecule has 35 heavy (non-hydrogen) atoms. The lowest BCUT2D eigenvalue weighted by atomic mass is 9.98. The van der Waals surface area contributed by atoms with Crippen LogP contribution in [0, 0.1) is 17.8 Å². The van der Waals surface area contributed by atoms with Crippen LogP contribution in [0.15, 0.2) is 48.5 Å². The largest absolute Gasteiger partial charge is 0.481 e. The summed E-state index contributed by atoms with van der Waals surface area (Å²) in [5.74, 6) is -0.927. The molecule has 1 aliphatic heterocycles. The van der Waals surface area contributed by atoms with Crippen molar-refractivity contribution in [3.05, 3.63) is 59.7 Å². The zero-order chi connectivity index (χ0) is 24.5. The Morgan fingerprint density at radius 3 is 2.20 bits per heavy atom. The lowest BCUT2D eigenvalue weighted by Crippen LogP contribution is -2.41. The van der Waals surface area contributed by atoms with Crippen molar-refractivity contribution in [1.82, 2.24) is 10.2 Å². The van der Waals surface area contributed by atoms with Gasteiger partial charge in [-0.05, 0) is 40.5 Å². The van der Waals surface area contributed by atoms with Gasteiger partial charge in [0.1, 0.15) is 6.61 Å². The second-order valence-electron chi connectivity index (χ2n) is 10.0. The van der Waals surface area contributed by atoms with Gasteiger partial charge in [0.15, 0.2) is 0 Å². The number of unbranched alkanes of at least 4 members (excludes halogenated alkanes) is 1. The van der Waals surface area contributed by atoms with Gasteiger partial charge in [-0.2, -0.15) is 0 Å². The topological polar surface area (TPSA) is 95.9 Å². The Morgan fingerprint density at radius 1 is 1.03 bits per heavy atom. The normalized spacial score (nSPS) is 22.7. The summed E-state index contributed by atoms with van der Waals surface area (Å²) in [5.41, 5.74) is 4.67. The maximum Gasteiger partial charge on any atom is 0.407 e. The molecule has 2 fully saturated rings. The Balaban J connectivity index is 1.17. The lowest BCUT2D eigenvalue weighted by Gasteiger charge is -2.24. The zero-order valence-corrected chi connectivity index (χ0v) is 20.0. The second kappa shape index (κ2) is 9.72. The predicted octanol–water partition coefficient (Wildman–Crippen LogP) is 4.26. The Hall–Kier alpha value is -3.35. The molecule has 7 heteroatoms. The van der Waals surface area contributed by atoms with Gasteiger partial charge in [0.25, 0.3) is 0 Å². The number of alkyl carbamates (subject to hydrolysis) is 1. The standard InChI is InChI=1S/C28H32N2O5/c1-2-3-8-17(13-25(31)30-14-22-23(15-30)26(22)27(32)33)29-28(34)35-16-24-20-11-6-4-9-18(20)19-10-5-7-12-21(19)24/h4-7,9-12,17,22-24,26H,2-3,8,13-16H2,1H3,(H,29,34)(H,32,33)/t17-,22?,23?,26?/m1/s1. The number of likely N-dealkylation sites (tertiary alicyclic amines) is 1. The predicted molar refractivity (Wildman–Crippen MR) is 131 cm³/mol. The molecule has 5 rings (SSSR count). The van der Waals surface area contributed by atoms with E-state index in [2.05, 4.69) is 36.5 Å². The van der Waals surface area contributed by atoms with Gasteiger partial charge in [0.2, 0.25) is 5.91 Å². The molecule has 3 aliphatic rings. The maximum atomic E-state index is 12.9. The van der Waals surface area contributed by atoms with Gasteiger partial charge in [-0.25, -0.2) is 4.79 Å². The third-order valence-electron chi connectivity index (χ3n) is 7.82. The fraction of sp³-hybridized carbons (Fsp3) is 0.464. The molecule has 2 aromatic carbocycles. The van der Waals surface area contributed by atoms with Gasteiger partial charge < -0.3 is 20.1 Å². The third kappa shape index (κ3) is 4.64. The summed E-state index contributed by atoms with van der Waals surface area (Å²) in [6, 6.07) is 16.1. The highest BCUT2D eigenvalue weighted by Crippen LogP contribution is 2.51. The van der Waals surface area contributed by atoms with Gasteiger partial charge in [0, 0.05) is 31.5 Å². The number of carbonyl (C=O) groups is 3. The number of ether oxygens (including phenoxy) is 1. The van der Waals surface area contributed by atoms with Crippen molar-refractivity contribution < 1.29 is 24.2 Å². The minimum Gasteiger partial charge on any atom is -0.481 e. The molecule has 0 bridgehead atoms. The number of rotatable bonds is 9. The number of aliphatic carboxylic acids is 1. The summed E-state index contributed by atoms with van der Waals surface area (Å²) in [6.07, 6.45) is 2.27. The number of carbonyl (C=O) groups excluding carboxylic acids is 2. The number of nitrogens with one attached hydrogen (secondary N) is 1. The van der Waals surface area contributed by atoms with E-state index in [9.17, 15) is 19.5 Å². The van der Waals surface area contributed by atoms with E-state index in [1.54, 1.807) is 4.90 Å². The van der Waals surface area contributed by atoms with Crippen LogP contribution in [0.4, 0.5) is 4.79 Å². The van der Waals surface area contributed by atoms with E-state index in [-0.39, 0.29) is 48.6 Å². The van der Waals surface area contributed by atoms with E-state index in [4.69, 9.17) is 4.74 Å². The van der Waals surface area contributed by atoms with Crippen molar-refractivity contribution >= 4 is 18.0 Å². The Kier molecular flexibility index (Phi) is 6.50. The van der Waals surface area contributed by atoms with Crippen molar-refractivity contribution in [3.8, 4) is 11.1 Å². The van der Waals surface area contributed by atoms with Crippen molar-refractivity contribution in [1.29, 1.82) is 0 Å². The van der Waals surface area contributed by atoms with Crippen LogP contribution in [0.2, 0.25) is 0 Å². The highest BCUT2D eigenvalue weighted by Gasteiger charge is 2.60. The summed E-state index contributed by atoms with van der Waals surface area (Å²) in [7, 11) is 0. The molecule has 0 spiro atoms. The van der Waals surface area contributed by atoms with Crippen molar-refractivity contribution in [2.24, 2.45) is 17.8 Å². The average molecular weight is 477 g/mol. The number of hydrogen-bond donors (Lipinski definition) is 2. The molecule has 2 unspecified atom stereocenters. The van der Waals surface area contributed by atoms with Gasteiger partial charge in [-0.3, -0.25) is 9.59 Å². The number of piperidine rings is 1. The number of benzene rings is 2. The summed E-state index contributed by atoms with van der Waals surface area (Å²) >= 11 is 0. The van der Waals surface area contributed by atoms with Crippen molar-refractivity contribution in [3.63, 3.8) is 0 Å². The van der Waals surface area contributed by atoms with Gasteiger partial charge >= 0.3 is 12.1 Å². The Bertz CT molecular complexity index is 1070. The van der Waals surface area contributed by atoms with E-state index >= 15 is 0 Å². The quantitative estimate of drug-likeness (QED) is 0.564. The monoisotopic (exact) mass is 476 g/mol. The molecule has 0 radical (unpaired) electrons. The molecule has 7 nitrogen and oxygen atoms in total. The smallest absolute Gasteiger partial charge is 0.407 e. The van der Waals surface area contributed by atoms with E-state index in [0.717, 1.165) is 24.0 Å². The molecule has 1 saturated heterocycles. The van der Waals surface area contributed by atoms with Gasteiger partial charge in [0.05, 0.1) is 5.92 Å². The number of carboxylic acid groups (broad SMARTS) is 1. The molecule has 1 heterocycles. The average Bonchev–Trinajstić information content (AvgIpc) is 3.20. The minimum atomic E-state index is -0.759. The maximum absolute atomic E-state index is 12.9. The first-order valence-electron chi connectivity index (χ1n) is 12.6. The highest BCUT2D eigenvalue weighted by atomic mass is 16.5. The lowest BCUT2D eigenvalue weighted by molar-refractivity contribution is -0.141. The van der Waals surface area contributed by atoms with Crippen molar-refractivity contribution in [2.75, 3.05) is 19.7 Å². The van der Waals surface area contributed by atoms with Crippen molar-refractivity contribution in [2.45, 2.75) is 44.6 Å². The number of carboxylic acids is 1. The number of fused-ring (bicyclic) bond motifs is 4. The molecule has 2 aromatic rings. The number of amides is 2. The SMILES string of the molecule is CCCC[C@H](CC(=O)N1CC2C(C1)C2C(=O)O)NC(=O)OCC1c2ccccc2-c2ccccc21. The number of hydrogen-bond acceptors (Lipinski definition) is 4. The Labute approximate surface area is 205 Å². The summed E-state index contributed by atoms with van der Waals surface area (Å²) < 4.78 is 5.68. The summed E-state index contributed by atoms with van der Waals surface area (Å²) in [6.45, 7) is 3.32. The van der Waals surface area contributed by atoms with Gasteiger partial charge in [-0.1, -0.05) is 68.3 Å². The molecule has 3 atom stereocenters.